The summed E-state index contributed by atoms with van der Waals surface area (Å²) in [5, 5.41) is 4.08. The molecule has 0 radical (unpaired) electrons. The second kappa shape index (κ2) is 10.3. The van der Waals surface area contributed by atoms with Gasteiger partial charge in [0.05, 0.1) is 26.4 Å². The zero-order valence-electron chi connectivity index (χ0n) is 18.8. The van der Waals surface area contributed by atoms with Gasteiger partial charge >= 0.3 is 0 Å². The van der Waals surface area contributed by atoms with E-state index in [1.54, 1.807) is 0 Å². The van der Waals surface area contributed by atoms with Crippen molar-refractivity contribution in [3.05, 3.63) is 42.4 Å². The molecule has 1 aromatic carbocycles. The van der Waals surface area contributed by atoms with Crippen LogP contribution >= 0.6 is 0 Å². The minimum Gasteiger partial charge on any atom is -0.379 e. The summed E-state index contributed by atoms with van der Waals surface area (Å²) in [6.07, 6.45) is 6.59. The Morgan fingerprint density at radius 3 is 2.52 bits per heavy atom. The first-order valence-electron chi connectivity index (χ1n) is 11.6. The molecule has 1 amide bonds. The molecule has 2 aliphatic rings. The quantitative estimate of drug-likeness (QED) is 0.531. The summed E-state index contributed by atoms with van der Waals surface area (Å²) in [4.78, 5) is 29.5. The van der Waals surface area contributed by atoms with Crippen molar-refractivity contribution >= 4 is 22.8 Å². The van der Waals surface area contributed by atoms with Gasteiger partial charge in [0.15, 0.2) is 0 Å². The van der Waals surface area contributed by atoms with Crippen molar-refractivity contribution in [3.8, 4) is 11.1 Å². The number of fused-ring (bicyclic) bond motifs is 1. The van der Waals surface area contributed by atoms with Crippen LogP contribution in [-0.2, 0) is 9.47 Å². The van der Waals surface area contributed by atoms with Crippen molar-refractivity contribution in [2.24, 2.45) is 0 Å². The third-order valence-corrected chi connectivity index (χ3v) is 6.23. The van der Waals surface area contributed by atoms with E-state index in [1.807, 2.05) is 36.8 Å². The number of hydrogen-bond acceptors (Lipinski definition) is 7. The van der Waals surface area contributed by atoms with Crippen LogP contribution in [-0.4, -0.2) is 91.5 Å². The van der Waals surface area contributed by atoms with Gasteiger partial charge in [0.25, 0.3) is 5.91 Å². The standard InChI is InChI=1S/C24H30N6O3/c31-23(25-4-1-5-29-6-10-32-11-7-29)18-2-3-20-21(17-26-22(20)14-18)19-15-27-24(28-16-19)30-8-12-33-13-9-30/h2-3,14-17,26H,1,4-13H2,(H,25,31). The molecule has 2 fully saturated rings. The third kappa shape index (κ3) is 5.16. The number of benzene rings is 1. The van der Waals surface area contributed by atoms with Crippen molar-refractivity contribution in [2.75, 3.05) is 70.6 Å². The molecule has 0 aliphatic carbocycles. The molecule has 174 valence electrons. The van der Waals surface area contributed by atoms with Crippen LogP contribution in [0, 0.1) is 0 Å². The van der Waals surface area contributed by atoms with Gasteiger partial charge in [0, 0.05) is 78.9 Å². The molecule has 0 unspecified atom stereocenters. The lowest BCUT2D eigenvalue weighted by Gasteiger charge is -2.26. The average Bonchev–Trinajstić information content (AvgIpc) is 3.31. The maximum atomic E-state index is 12.6. The van der Waals surface area contributed by atoms with E-state index in [9.17, 15) is 4.79 Å². The number of H-pyrrole nitrogens is 1. The van der Waals surface area contributed by atoms with E-state index in [-0.39, 0.29) is 5.91 Å². The average molecular weight is 451 g/mol. The molecule has 5 rings (SSSR count). The Morgan fingerprint density at radius 1 is 1.03 bits per heavy atom. The van der Waals surface area contributed by atoms with Crippen LogP contribution in [0.1, 0.15) is 16.8 Å². The molecule has 2 saturated heterocycles. The Labute approximate surface area is 193 Å². The maximum Gasteiger partial charge on any atom is 0.251 e. The number of carbonyl (C=O) groups excluding carboxylic acids is 1. The van der Waals surface area contributed by atoms with Gasteiger partial charge in [-0.1, -0.05) is 6.07 Å². The first-order chi connectivity index (χ1) is 16.3. The molecular weight excluding hydrogens is 420 g/mol. The van der Waals surface area contributed by atoms with Gasteiger partial charge in [-0.2, -0.15) is 0 Å². The van der Waals surface area contributed by atoms with Gasteiger partial charge in [-0.05, 0) is 25.1 Å². The SMILES string of the molecule is O=C(NCCCN1CCOCC1)c1ccc2c(-c3cnc(N4CCOCC4)nc3)c[nH]c2c1. The third-order valence-electron chi connectivity index (χ3n) is 6.23. The number of rotatable bonds is 7. The molecule has 2 aromatic heterocycles. The number of hydrogen-bond donors (Lipinski definition) is 2. The molecule has 0 saturated carbocycles. The summed E-state index contributed by atoms with van der Waals surface area (Å²) in [6, 6.07) is 5.76. The minimum absolute atomic E-state index is 0.0479. The number of nitrogens with one attached hydrogen (secondary N) is 2. The molecule has 9 nitrogen and oxygen atoms in total. The van der Waals surface area contributed by atoms with Crippen molar-refractivity contribution in [1.29, 1.82) is 0 Å². The van der Waals surface area contributed by atoms with E-state index in [4.69, 9.17) is 9.47 Å². The van der Waals surface area contributed by atoms with Crippen LogP contribution in [0.4, 0.5) is 5.95 Å². The van der Waals surface area contributed by atoms with Crippen molar-refractivity contribution in [3.63, 3.8) is 0 Å². The fourth-order valence-electron chi connectivity index (χ4n) is 4.32. The zero-order valence-corrected chi connectivity index (χ0v) is 18.8. The lowest BCUT2D eigenvalue weighted by atomic mass is 10.1. The Bertz CT molecular complexity index is 1070. The monoisotopic (exact) mass is 450 g/mol. The molecule has 3 aromatic rings. The number of ether oxygens (including phenoxy) is 2. The summed E-state index contributed by atoms with van der Waals surface area (Å²) < 4.78 is 10.8. The van der Waals surface area contributed by atoms with Crippen LogP contribution in [0.5, 0.6) is 0 Å². The number of carbonyl (C=O) groups is 1. The predicted molar refractivity (Wildman–Crippen MR) is 127 cm³/mol. The Hall–Kier alpha value is -3.01. The van der Waals surface area contributed by atoms with Gasteiger partial charge in [-0.3, -0.25) is 9.69 Å². The second-order valence-electron chi connectivity index (χ2n) is 8.40. The predicted octanol–water partition coefficient (Wildman–Crippen LogP) is 1.91. The number of nitrogens with zero attached hydrogens (tertiary/aromatic N) is 4. The van der Waals surface area contributed by atoms with E-state index in [0.29, 0.717) is 25.3 Å². The van der Waals surface area contributed by atoms with E-state index >= 15 is 0 Å². The lowest BCUT2D eigenvalue weighted by Crippen LogP contribution is -2.38. The molecular formula is C24H30N6O3. The molecule has 2 aliphatic heterocycles. The van der Waals surface area contributed by atoms with Gasteiger partial charge in [0.1, 0.15) is 0 Å². The van der Waals surface area contributed by atoms with Gasteiger partial charge < -0.3 is 24.7 Å². The smallest absolute Gasteiger partial charge is 0.251 e. The highest BCUT2D eigenvalue weighted by atomic mass is 16.5. The Morgan fingerprint density at radius 2 is 1.76 bits per heavy atom. The zero-order chi connectivity index (χ0) is 22.5. The molecule has 4 heterocycles. The van der Waals surface area contributed by atoms with Crippen LogP contribution in [0.2, 0.25) is 0 Å². The summed E-state index contributed by atoms with van der Waals surface area (Å²) in [5.41, 5.74) is 3.54. The fourth-order valence-corrected chi connectivity index (χ4v) is 4.32. The first kappa shape index (κ1) is 21.8. The van der Waals surface area contributed by atoms with Crippen LogP contribution < -0.4 is 10.2 Å². The van der Waals surface area contributed by atoms with E-state index in [2.05, 4.69) is 30.1 Å². The molecule has 0 spiro atoms. The number of amides is 1. The molecule has 33 heavy (non-hydrogen) atoms. The first-order valence-corrected chi connectivity index (χ1v) is 11.6. The molecule has 2 N–H and O–H groups in total. The number of anilines is 1. The highest BCUT2D eigenvalue weighted by molar-refractivity contribution is 6.01. The van der Waals surface area contributed by atoms with E-state index < -0.39 is 0 Å². The van der Waals surface area contributed by atoms with Crippen molar-refractivity contribution in [1.82, 2.24) is 25.2 Å². The summed E-state index contributed by atoms with van der Waals surface area (Å²) in [6.45, 7) is 8.22. The fraction of sp³-hybridized carbons (Fsp3) is 0.458. The number of aromatic nitrogens is 3. The maximum absolute atomic E-state index is 12.6. The Kier molecular flexibility index (Phi) is 6.80. The van der Waals surface area contributed by atoms with E-state index in [1.165, 1.54) is 0 Å². The summed E-state index contributed by atoms with van der Waals surface area (Å²) >= 11 is 0. The number of aromatic amines is 1. The van der Waals surface area contributed by atoms with Crippen LogP contribution in [0.25, 0.3) is 22.0 Å². The normalized spacial score (nSPS) is 17.4. The lowest BCUT2D eigenvalue weighted by molar-refractivity contribution is 0.0374. The van der Waals surface area contributed by atoms with Crippen molar-refractivity contribution < 1.29 is 14.3 Å². The summed E-state index contributed by atoms with van der Waals surface area (Å²) in [5.74, 6) is 0.683. The minimum atomic E-state index is -0.0479. The van der Waals surface area contributed by atoms with Crippen LogP contribution in [0.3, 0.4) is 0 Å². The number of morpholine rings is 2. The Balaban J connectivity index is 1.20. The van der Waals surface area contributed by atoms with E-state index in [0.717, 1.165) is 80.3 Å². The molecule has 0 atom stereocenters. The van der Waals surface area contributed by atoms with Gasteiger partial charge in [0.2, 0.25) is 5.95 Å². The van der Waals surface area contributed by atoms with Crippen molar-refractivity contribution in [2.45, 2.75) is 6.42 Å². The highest BCUT2D eigenvalue weighted by Gasteiger charge is 2.15. The van der Waals surface area contributed by atoms with Crippen LogP contribution in [0.15, 0.2) is 36.8 Å². The summed E-state index contributed by atoms with van der Waals surface area (Å²) in [7, 11) is 0. The molecule has 9 heteroatoms. The largest absolute Gasteiger partial charge is 0.379 e. The topological polar surface area (TPSA) is 95.6 Å². The van der Waals surface area contributed by atoms with Gasteiger partial charge in [-0.15, -0.1) is 0 Å². The molecule has 0 bridgehead atoms. The van der Waals surface area contributed by atoms with Gasteiger partial charge in [-0.25, -0.2) is 9.97 Å². The highest BCUT2D eigenvalue weighted by Crippen LogP contribution is 2.29. The second-order valence-corrected chi connectivity index (χ2v) is 8.40.